The number of hydrogen-bond donors (Lipinski definition) is 1. The van der Waals surface area contributed by atoms with E-state index < -0.39 is 12.6 Å². The van der Waals surface area contributed by atoms with Gasteiger partial charge in [-0.1, -0.05) is 0 Å². The zero-order valence-electron chi connectivity index (χ0n) is 9.49. The third-order valence-corrected chi connectivity index (χ3v) is 2.78. The van der Waals surface area contributed by atoms with Crippen LogP contribution in [0.15, 0.2) is 0 Å². The molecule has 1 fully saturated rings. The first-order chi connectivity index (χ1) is 6.70. The molecule has 0 radical (unpaired) electrons. The molecule has 0 aliphatic carbocycles. The Hall–Kier alpha value is -0.290. The summed E-state index contributed by atoms with van der Waals surface area (Å²) in [7, 11) is 0. The summed E-state index contributed by atoms with van der Waals surface area (Å²) in [5.41, 5.74) is -0.0852. The first kappa shape index (κ1) is 12.8. The van der Waals surface area contributed by atoms with E-state index in [1.165, 1.54) is 0 Å². The Balaban J connectivity index is 2.45. The molecule has 1 heterocycles. The summed E-state index contributed by atoms with van der Waals surface area (Å²) in [6.07, 6.45) is -4.76. The van der Waals surface area contributed by atoms with Crippen molar-refractivity contribution in [3.8, 4) is 0 Å². The Bertz CT molecular complexity index is 213. The molecule has 0 saturated carbocycles. The molecule has 5 heteroatoms. The van der Waals surface area contributed by atoms with Crippen LogP contribution >= 0.6 is 0 Å². The van der Waals surface area contributed by atoms with Crippen LogP contribution in [0.25, 0.3) is 0 Å². The molecule has 1 rings (SSSR count). The van der Waals surface area contributed by atoms with Crippen LogP contribution < -0.4 is 5.32 Å². The minimum absolute atomic E-state index is 0.0852. The number of nitrogens with one attached hydrogen (secondary N) is 1. The Morgan fingerprint density at radius 3 is 2.53 bits per heavy atom. The molecule has 1 aliphatic heterocycles. The van der Waals surface area contributed by atoms with Gasteiger partial charge < -0.3 is 5.32 Å². The van der Waals surface area contributed by atoms with Crippen molar-refractivity contribution in [2.75, 3.05) is 19.6 Å². The number of alkyl halides is 3. The largest absolute Gasteiger partial charge is 0.390 e. The van der Waals surface area contributed by atoms with Crippen LogP contribution in [0.1, 0.15) is 27.2 Å². The molecular formula is C10H19F3N2. The molecular weight excluding hydrogens is 205 g/mol. The SMILES string of the molecule is CC1CNC(C)(C)CN1CCC(F)(F)F. The molecule has 90 valence electrons. The van der Waals surface area contributed by atoms with E-state index >= 15 is 0 Å². The van der Waals surface area contributed by atoms with Gasteiger partial charge in [0, 0.05) is 31.2 Å². The maximum atomic E-state index is 12.1. The van der Waals surface area contributed by atoms with Crippen molar-refractivity contribution in [1.82, 2.24) is 10.2 Å². The maximum absolute atomic E-state index is 12.1. The predicted molar refractivity (Wildman–Crippen MR) is 53.8 cm³/mol. The fraction of sp³-hybridized carbons (Fsp3) is 1.00. The van der Waals surface area contributed by atoms with Crippen molar-refractivity contribution in [2.45, 2.75) is 44.9 Å². The number of hydrogen-bond acceptors (Lipinski definition) is 2. The second kappa shape index (κ2) is 4.29. The summed E-state index contributed by atoms with van der Waals surface area (Å²) < 4.78 is 36.3. The van der Waals surface area contributed by atoms with Gasteiger partial charge in [0.25, 0.3) is 0 Å². The van der Waals surface area contributed by atoms with Crippen LogP contribution in [-0.4, -0.2) is 42.3 Å². The standard InChI is InChI=1S/C10H19F3N2/c1-8-6-14-9(2,3)7-15(8)5-4-10(11,12)13/h8,14H,4-7H2,1-3H3. The van der Waals surface area contributed by atoms with Gasteiger partial charge in [-0.2, -0.15) is 13.2 Å². The third kappa shape index (κ3) is 4.38. The lowest BCUT2D eigenvalue weighted by molar-refractivity contribution is -0.140. The average molecular weight is 224 g/mol. The van der Waals surface area contributed by atoms with E-state index in [-0.39, 0.29) is 18.1 Å². The minimum Gasteiger partial charge on any atom is -0.309 e. The van der Waals surface area contributed by atoms with Crippen LogP contribution in [0.3, 0.4) is 0 Å². The van der Waals surface area contributed by atoms with E-state index in [9.17, 15) is 13.2 Å². The highest BCUT2D eigenvalue weighted by atomic mass is 19.4. The van der Waals surface area contributed by atoms with Crippen molar-refractivity contribution in [1.29, 1.82) is 0 Å². The van der Waals surface area contributed by atoms with E-state index in [0.29, 0.717) is 6.54 Å². The minimum atomic E-state index is -4.05. The fourth-order valence-corrected chi connectivity index (χ4v) is 1.84. The molecule has 15 heavy (non-hydrogen) atoms. The molecule has 1 unspecified atom stereocenters. The van der Waals surface area contributed by atoms with Gasteiger partial charge in [0.05, 0.1) is 6.42 Å². The normalized spacial score (nSPS) is 28.0. The summed E-state index contributed by atoms with van der Waals surface area (Å²) in [5, 5.41) is 3.31. The number of halogens is 3. The van der Waals surface area contributed by atoms with Crippen molar-refractivity contribution in [3.05, 3.63) is 0 Å². The second-order valence-corrected chi connectivity index (χ2v) is 4.95. The summed E-state index contributed by atoms with van der Waals surface area (Å²) in [6, 6.07) is 0.181. The molecule has 2 nitrogen and oxygen atoms in total. The van der Waals surface area contributed by atoms with Gasteiger partial charge in [0.1, 0.15) is 0 Å². The highest BCUT2D eigenvalue weighted by molar-refractivity contribution is 4.90. The second-order valence-electron chi connectivity index (χ2n) is 4.95. The van der Waals surface area contributed by atoms with Crippen LogP contribution in [0.5, 0.6) is 0 Å². The van der Waals surface area contributed by atoms with E-state index in [4.69, 9.17) is 0 Å². The van der Waals surface area contributed by atoms with Gasteiger partial charge in [-0.15, -0.1) is 0 Å². The van der Waals surface area contributed by atoms with Crippen LogP contribution in [0.4, 0.5) is 13.2 Å². The highest BCUT2D eigenvalue weighted by Crippen LogP contribution is 2.22. The molecule has 1 N–H and O–H groups in total. The van der Waals surface area contributed by atoms with Crippen molar-refractivity contribution in [3.63, 3.8) is 0 Å². The Morgan fingerprint density at radius 2 is 2.00 bits per heavy atom. The zero-order chi connectivity index (χ0) is 11.7. The summed E-state index contributed by atoms with van der Waals surface area (Å²) in [5.74, 6) is 0. The van der Waals surface area contributed by atoms with Gasteiger partial charge >= 0.3 is 6.18 Å². The third-order valence-electron chi connectivity index (χ3n) is 2.78. The molecule has 1 saturated heterocycles. The summed E-state index contributed by atoms with van der Waals surface area (Å²) in [4.78, 5) is 1.91. The van der Waals surface area contributed by atoms with Gasteiger partial charge in [-0.05, 0) is 20.8 Å². The molecule has 0 amide bonds. The van der Waals surface area contributed by atoms with Gasteiger partial charge in [-0.25, -0.2) is 0 Å². The van der Waals surface area contributed by atoms with E-state index in [2.05, 4.69) is 5.32 Å². The monoisotopic (exact) mass is 224 g/mol. The van der Waals surface area contributed by atoms with Crippen molar-refractivity contribution >= 4 is 0 Å². The highest BCUT2D eigenvalue weighted by Gasteiger charge is 2.33. The lowest BCUT2D eigenvalue weighted by atomic mass is 9.99. The van der Waals surface area contributed by atoms with Crippen LogP contribution in [-0.2, 0) is 0 Å². The lowest BCUT2D eigenvalue weighted by Gasteiger charge is -2.43. The van der Waals surface area contributed by atoms with Crippen LogP contribution in [0.2, 0.25) is 0 Å². The van der Waals surface area contributed by atoms with Crippen molar-refractivity contribution < 1.29 is 13.2 Å². The molecule has 0 spiro atoms. The Morgan fingerprint density at radius 1 is 1.40 bits per heavy atom. The van der Waals surface area contributed by atoms with E-state index in [0.717, 1.165) is 6.54 Å². The number of rotatable bonds is 2. The lowest BCUT2D eigenvalue weighted by Crippen LogP contribution is -2.61. The maximum Gasteiger partial charge on any atom is 0.390 e. The molecule has 0 bridgehead atoms. The molecule has 0 aromatic carbocycles. The van der Waals surface area contributed by atoms with Gasteiger partial charge in [0.2, 0.25) is 0 Å². The van der Waals surface area contributed by atoms with E-state index in [1.807, 2.05) is 25.7 Å². The molecule has 0 aromatic rings. The zero-order valence-corrected chi connectivity index (χ0v) is 9.49. The van der Waals surface area contributed by atoms with E-state index in [1.54, 1.807) is 0 Å². The summed E-state index contributed by atoms with van der Waals surface area (Å²) in [6.45, 7) is 7.52. The molecule has 1 atom stereocenters. The first-order valence-electron chi connectivity index (χ1n) is 5.25. The number of piperazine rings is 1. The molecule has 0 aromatic heterocycles. The Labute approximate surface area is 88.8 Å². The fourth-order valence-electron chi connectivity index (χ4n) is 1.84. The van der Waals surface area contributed by atoms with Crippen molar-refractivity contribution in [2.24, 2.45) is 0 Å². The van der Waals surface area contributed by atoms with Gasteiger partial charge in [-0.3, -0.25) is 4.90 Å². The quantitative estimate of drug-likeness (QED) is 0.772. The topological polar surface area (TPSA) is 15.3 Å². The smallest absolute Gasteiger partial charge is 0.309 e. The van der Waals surface area contributed by atoms with Crippen LogP contribution in [0, 0.1) is 0 Å². The predicted octanol–water partition coefficient (Wildman–Crippen LogP) is 2.01. The average Bonchev–Trinajstić information content (AvgIpc) is 2.05. The molecule has 1 aliphatic rings. The number of nitrogens with zero attached hydrogens (tertiary/aromatic N) is 1. The Kier molecular flexibility index (Phi) is 3.66. The summed E-state index contributed by atoms with van der Waals surface area (Å²) >= 11 is 0. The van der Waals surface area contributed by atoms with Gasteiger partial charge in [0.15, 0.2) is 0 Å². The first-order valence-corrected chi connectivity index (χ1v) is 5.25.